The van der Waals surface area contributed by atoms with Gasteiger partial charge in [0.25, 0.3) is 0 Å². The van der Waals surface area contributed by atoms with Gasteiger partial charge in [0.05, 0.1) is 19.3 Å². The number of carbonyl (C=O) groups excluding carboxylic acids is 6. The Kier molecular flexibility index (Phi) is 20.5. The van der Waals surface area contributed by atoms with Gasteiger partial charge in [-0.1, -0.05) is 85.8 Å². The molecule has 70 heavy (non-hydrogen) atoms. The van der Waals surface area contributed by atoms with Crippen LogP contribution in [-0.2, 0) is 53.1 Å². The van der Waals surface area contributed by atoms with Crippen LogP contribution in [0.4, 0.5) is 0 Å². The van der Waals surface area contributed by atoms with E-state index in [4.69, 9.17) is 23.7 Å². The molecular formula is C59H88O11. The van der Waals surface area contributed by atoms with E-state index in [0.29, 0.717) is 48.0 Å². The van der Waals surface area contributed by atoms with Crippen molar-refractivity contribution in [2.24, 2.45) is 52.3 Å². The van der Waals surface area contributed by atoms with E-state index in [2.05, 4.69) is 19.9 Å². The minimum absolute atomic E-state index is 0.0362. The quantitative estimate of drug-likeness (QED) is 0.0422. The third kappa shape index (κ3) is 14.9. The summed E-state index contributed by atoms with van der Waals surface area (Å²) in [5, 5.41) is 0. The van der Waals surface area contributed by atoms with Crippen molar-refractivity contribution in [1.29, 1.82) is 0 Å². The summed E-state index contributed by atoms with van der Waals surface area (Å²) in [5.41, 5.74) is 2.45. The zero-order chi connectivity index (χ0) is 51.4. The molecular weight excluding hydrogens is 885 g/mol. The molecule has 0 saturated heterocycles. The van der Waals surface area contributed by atoms with Crippen LogP contribution in [-0.4, -0.2) is 61.1 Å². The SMILES string of the molecule is CC/C=C\CC(=O)OCC(COC(=O)C/C=C\CC)OC(=O)CC(C)CCC(C)CC(=O)Oc1cc(C)cc(C)c1C(C)(C)CC(=O)O[C@@H]1CC[C@@]2(C)[C@@H](CC[C@@H]3[C@@H]2CC[C@]2(C)[C@@H](C(C)=O)CC[C@@H]32)C1. The fourth-order valence-electron chi connectivity index (χ4n) is 13.6. The van der Waals surface area contributed by atoms with Crippen molar-refractivity contribution in [3.05, 3.63) is 53.1 Å². The molecule has 0 bridgehead atoms. The number of aryl methyl sites for hydroxylation is 2. The van der Waals surface area contributed by atoms with Crippen molar-refractivity contribution in [2.45, 2.75) is 209 Å². The van der Waals surface area contributed by atoms with Gasteiger partial charge in [0.2, 0.25) is 0 Å². The Morgan fingerprint density at radius 3 is 1.90 bits per heavy atom. The first-order valence-corrected chi connectivity index (χ1v) is 26.9. The van der Waals surface area contributed by atoms with Crippen LogP contribution >= 0.6 is 0 Å². The molecule has 10 atom stereocenters. The number of benzene rings is 1. The van der Waals surface area contributed by atoms with Crippen molar-refractivity contribution in [3.63, 3.8) is 0 Å². The second-order valence-electron chi connectivity index (χ2n) is 23.2. The first-order valence-electron chi connectivity index (χ1n) is 26.9. The number of rotatable bonds is 24. The van der Waals surface area contributed by atoms with Gasteiger partial charge in [0, 0.05) is 29.7 Å². The van der Waals surface area contributed by atoms with Crippen LogP contribution in [0.2, 0.25) is 0 Å². The summed E-state index contributed by atoms with van der Waals surface area (Å²) in [5.74, 6) is 1.47. The Hall–Kier alpha value is -4.28. The molecule has 1 aromatic rings. The number of allylic oxidation sites excluding steroid dienone is 2. The predicted molar refractivity (Wildman–Crippen MR) is 272 cm³/mol. The van der Waals surface area contributed by atoms with Crippen LogP contribution in [0.1, 0.15) is 195 Å². The lowest BCUT2D eigenvalue weighted by atomic mass is 9.44. The zero-order valence-electron chi connectivity index (χ0n) is 44.8. The molecule has 4 aliphatic rings. The number of esters is 5. The summed E-state index contributed by atoms with van der Waals surface area (Å²) in [6, 6.07) is 3.94. The summed E-state index contributed by atoms with van der Waals surface area (Å²) >= 11 is 0. The van der Waals surface area contributed by atoms with E-state index in [-0.39, 0.29) is 91.9 Å². The highest BCUT2D eigenvalue weighted by molar-refractivity contribution is 5.79. The lowest BCUT2D eigenvalue weighted by Crippen LogP contribution is -2.54. The minimum Gasteiger partial charge on any atom is -0.462 e. The Morgan fingerprint density at radius 2 is 1.30 bits per heavy atom. The number of carbonyl (C=O) groups is 6. The monoisotopic (exact) mass is 973 g/mol. The topological polar surface area (TPSA) is 149 Å². The summed E-state index contributed by atoms with van der Waals surface area (Å²) < 4.78 is 28.8. The molecule has 0 aromatic heterocycles. The smallest absolute Gasteiger partial charge is 0.311 e. The van der Waals surface area contributed by atoms with Gasteiger partial charge in [-0.3, -0.25) is 28.8 Å². The standard InChI is InChI=1S/C59H88O11/c1-12-14-16-18-51(61)66-36-45(37-67-52(62)19-17-15-13-2)69-53(63)32-38(3)20-21-39(4)33-54(64)70-50-31-40(5)30-41(6)56(50)57(8,9)35-55(65)68-44-26-28-58(10)43(34-44)22-23-46-48-25-24-47(42(7)60)59(48,11)29-27-49(46)58/h14-17,30-31,38-39,43-49H,12-13,18-29,32-37H2,1-11H3/b16-14-,17-15-/t38?,39?,43-,44+,46-,47+,48-,49-,58-,59+/m0/s1. The van der Waals surface area contributed by atoms with Gasteiger partial charge in [-0.2, -0.15) is 0 Å². The average Bonchev–Trinajstić information content (AvgIpc) is 3.64. The Labute approximate surface area is 420 Å². The second-order valence-corrected chi connectivity index (χ2v) is 23.2. The molecule has 4 aliphatic carbocycles. The Balaban J connectivity index is 1.10. The average molecular weight is 973 g/mol. The van der Waals surface area contributed by atoms with E-state index in [1.165, 1.54) is 19.3 Å². The Morgan fingerprint density at radius 1 is 0.714 bits per heavy atom. The highest BCUT2D eigenvalue weighted by atomic mass is 16.6. The third-order valence-corrected chi connectivity index (χ3v) is 17.1. The van der Waals surface area contributed by atoms with Gasteiger partial charge in [0.15, 0.2) is 6.10 Å². The maximum atomic E-state index is 13.9. The molecule has 4 saturated carbocycles. The Bertz CT molecular complexity index is 2020. The lowest BCUT2D eigenvalue weighted by Gasteiger charge is -2.61. The van der Waals surface area contributed by atoms with E-state index in [1.807, 2.05) is 73.6 Å². The molecule has 0 spiro atoms. The summed E-state index contributed by atoms with van der Waals surface area (Å²) in [4.78, 5) is 77.6. The number of fused-ring (bicyclic) bond motifs is 5. The molecule has 4 fully saturated rings. The summed E-state index contributed by atoms with van der Waals surface area (Å²) in [6.07, 6.45) is 19.4. The lowest BCUT2D eigenvalue weighted by molar-refractivity contribution is -0.166. The first kappa shape index (κ1) is 56.6. The van der Waals surface area contributed by atoms with Crippen molar-refractivity contribution in [2.75, 3.05) is 13.2 Å². The van der Waals surface area contributed by atoms with Crippen LogP contribution in [0.15, 0.2) is 36.4 Å². The highest BCUT2D eigenvalue weighted by Gasteiger charge is 2.61. The van der Waals surface area contributed by atoms with Gasteiger partial charge in [-0.15, -0.1) is 0 Å². The molecule has 0 amide bonds. The van der Waals surface area contributed by atoms with Crippen molar-refractivity contribution in [3.8, 4) is 5.75 Å². The van der Waals surface area contributed by atoms with Gasteiger partial charge < -0.3 is 23.7 Å². The van der Waals surface area contributed by atoms with Crippen molar-refractivity contribution >= 4 is 35.6 Å². The number of ketones is 1. The molecule has 390 valence electrons. The van der Waals surface area contributed by atoms with Gasteiger partial charge in [-0.05, 0) is 168 Å². The van der Waals surface area contributed by atoms with Crippen LogP contribution in [0.3, 0.4) is 0 Å². The number of Topliss-reactive ketones (excluding diaryl/α,β-unsaturated/α-hetero) is 1. The number of hydrogen-bond donors (Lipinski definition) is 0. The van der Waals surface area contributed by atoms with E-state index >= 15 is 0 Å². The van der Waals surface area contributed by atoms with Crippen LogP contribution in [0, 0.1) is 66.1 Å². The highest BCUT2D eigenvalue weighted by Crippen LogP contribution is 2.67. The van der Waals surface area contributed by atoms with E-state index in [0.717, 1.165) is 68.1 Å². The molecule has 2 unspecified atom stereocenters. The van der Waals surface area contributed by atoms with E-state index < -0.39 is 29.4 Å². The zero-order valence-corrected chi connectivity index (χ0v) is 44.8. The molecule has 11 nitrogen and oxygen atoms in total. The first-order chi connectivity index (χ1) is 33.1. The van der Waals surface area contributed by atoms with Crippen LogP contribution in [0.25, 0.3) is 0 Å². The number of ether oxygens (including phenoxy) is 5. The molecule has 0 aliphatic heterocycles. The van der Waals surface area contributed by atoms with Crippen molar-refractivity contribution < 1.29 is 52.5 Å². The molecule has 1 aromatic carbocycles. The van der Waals surface area contributed by atoms with E-state index in [9.17, 15) is 28.8 Å². The molecule has 0 radical (unpaired) electrons. The maximum Gasteiger partial charge on any atom is 0.311 e. The molecule has 5 rings (SSSR count). The van der Waals surface area contributed by atoms with Crippen LogP contribution < -0.4 is 4.74 Å². The molecule has 0 heterocycles. The van der Waals surface area contributed by atoms with Gasteiger partial charge in [-0.25, -0.2) is 0 Å². The fraction of sp³-hybridized carbons (Fsp3) is 0.729. The van der Waals surface area contributed by atoms with Gasteiger partial charge >= 0.3 is 29.8 Å². The minimum atomic E-state index is -0.943. The molecule has 11 heteroatoms. The predicted octanol–water partition coefficient (Wildman–Crippen LogP) is 12.6. The normalized spacial score (nSPS) is 27.3. The van der Waals surface area contributed by atoms with E-state index in [1.54, 1.807) is 19.1 Å². The summed E-state index contributed by atoms with van der Waals surface area (Å²) in [7, 11) is 0. The van der Waals surface area contributed by atoms with Crippen molar-refractivity contribution in [1.82, 2.24) is 0 Å². The molecule has 0 N–H and O–H groups in total. The van der Waals surface area contributed by atoms with Gasteiger partial charge in [0.1, 0.15) is 30.9 Å². The number of hydrogen-bond acceptors (Lipinski definition) is 11. The largest absolute Gasteiger partial charge is 0.462 e. The summed E-state index contributed by atoms with van der Waals surface area (Å²) in [6.45, 7) is 22.1. The maximum absolute atomic E-state index is 13.9. The fourth-order valence-corrected chi connectivity index (χ4v) is 13.6. The van der Waals surface area contributed by atoms with Crippen LogP contribution in [0.5, 0.6) is 5.75 Å². The third-order valence-electron chi connectivity index (χ3n) is 17.1. The second kappa shape index (κ2) is 25.4.